The molecule has 1 aliphatic heterocycles. The summed E-state index contributed by atoms with van der Waals surface area (Å²) in [6.07, 6.45) is 0.417. The van der Waals surface area contributed by atoms with Gasteiger partial charge in [-0.05, 0) is 61.2 Å². The van der Waals surface area contributed by atoms with E-state index in [1.807, 2.05) is 20.8 Å². The molecular formula is C14H21BrN2O4S2. The third-order valence-electron chi connectivity index (χ3n) is 3.31. The molecule has 0 aliphatic carbocycles. The van der Waals surface area contributed by atoms with E-state index in [1.165, 1.54) is 11.3 Å². The second-order valence-electron chi connectivity index (χ2n) is 6.49. The SMILES string of the molecule is CC(C)(C)OC(=O)N1CC[C@H](CNS(=O)(=O)c2ccc(Br)s2)C1. The van der Waals surface area contributed by atoms with Crippen LogP contribution in [0.1, 0.15) is 27.2 Å². The summed E-state index contributed by atoms with van der Waals surface area (Å²) < 4.78 is 33.4. The van der Waals surface area contributed by atoms with Crippen LogP contribution in [0.15, 0.2) is 20.1 Å². The third-order valence-corrected chi connectivity index (χ3v) is 6.85. The maximum Gasteiger partial charge on any atom is 0.410 e. The summed E-state index contributed by atoms with van der Waals surface area (Å²) in [5, 5.41) is 0. The second-order valence-corrected chi connectivity index (χ2v) is 10.9. The molecule has 2 heterocycles. The van der Waals surface area contributed by atoms with Crippen molar-refractivity contribution in [1.82, 2.24) is 9.62 Å². The number of rotatable bonds is 4. The smallest absolute Gasteiger partial charge is 0.410 e. The Labute approximate surface area is 149 Å². The minimum Gasteiger partial charge on any atom is -0.444 e. The molecule has 1 aliphatic rings. The van der Waals surface area contributed by atoms with E-state index in [4.69, 9.17) is 4.74 Å². The number of carbonyl (C=O) groups is 1. The standard InChI is InChI=1S/C14H21BrN2O4S2/c1-14(2,3)21-13(18)17-7-6-10(9-17)8-16-23(19,20)12-5-4-11(15)22-12/h4-5,10,16H,6-9H2,1-3H3/t10-/m1/s1. The van der Waals surface area contributed by atoms with Gasteiger partial charge in [0.2, 0.25) is 10.0 Å². The molecule has 1 N–H and O–H groups in total. The lowest BCUT2D eigenvalue weighted by Gasteiger charge is -2.24. The molecule has 1 saturated heterocycles. The topological polar surface area (TPSA) is 75.7 Å². The van der Waals surface area contributed by atoms with E-state index in [0.717, 1.165) is 10.2 Å². The average Bonchev–Trinajstić information content (AvgIpc) is 3.03. The van der Waals surface area contributed by atoms with Gasteiger partial charge in [0.25, 0.3) is 0 Å². The lowest BCUT2D eigenvalue weighted by atomic mass is 10.1. The normalized spacial score (nSPS) is 19.1. The molecule has 1 atom stereocenters. The predicted octanol–water partition coefficient (Wildman–Crippen LogP) is 3.05. The number of nitrogens with one attached hydrogen (secondary N) is 1. The van der Waals surface area contributed by atoms with Crippen molar-refractivity contribution in [2.24, 2.45) is 5.92 Å². The Morgan fingerprint density at radius 1 is 1.48 bits per heavy atom. The van der Waals surface area contributed by atoms with Crippen LogP contribution in [0.3, 0.4) is 0 Å². The molecular weight excluding hydrogens is 404 g/mol. The predicted molar refractivity (Wildman–Crippen MR) is 93.1 cm³/mol. The highest BCUT2D eigenvalue weighted by Gasteiger charge is 2.30. The number of carbonyl (C=O) groups excluding carboxylic acids is 1. The molecule has 1 fully saturated rings. The summed E-state index contributed by atoms with van der Waals surface area (Å²) >= 11 is 4.43. The fraction of sp³-hybridized carbons (Fsp3) is 0.643. The molecule has 9 heteroatoms. The maximum atomic E-state index is 12.2. The summed E-state index contributed by atoms with van der Waals surface area (Å²) in [6, 6.07) is 3.28. The molecule has 0 spiro atoms. The quantitative estimate of drug-likeness (QED) is 0.805. The molecule has 0 bridgehead atoms. The number of likely N-dealkylation sites (tertiary alicyclic amines) is 1. The molecule has 0 aromatic carbocycles. The van der Waals surface area contributed by atoms with Crippen molar-refractivity contribution in [3.8, 4) is 0 Å². The molecule has 0 radical (unpaired) electrons. The Hall–Kier alpha value is -0.640. The van der Waals surface area contributed by atoms with Crippen molar-refractivity contribution in [2.75, 3.05) is 19.6 Å². The summed E-state index contributed by atoms with van der Waals surface area (Å²) in [5.74, 6) is 0.0979. The largest absolute Gasteiger partial charge is 0.444 e. The molecule has 6 nitrogen and oxygen atoms in total. The average molecular weight is 425 g/mol. The molecule has 2 rings (SSSR count). The zero-order valence-corrected chi connectivity index (χ0v) is 16.6. The monoisotopic (exact) mass is 424 g/mol. The highest BCUT2D eigenvalue weighted by atomic mass is 79.9. The number of hydrogen-bond acceptors (Lipinski definition) is 5. The van der Waals surface area contributed by atoms with Gasteiger partial charge in [-0.15, -0.1) is 11.3 Å². The van der Waals surface area contributed by atoms with E-state index in [2.05, 4.69) is 20.7 Å². The molecule has 0 unspecified atom stereocenters. The summed E-state index contributed by atoms with van der Waals surface area (Å²) in [7, 11) is -3.49. The van der Waals surface area contributed by atoms with Gasteiger partial charge in [0, 0.05) is 19.6 Å². The minimum absolute atomic E-state index is 0.0979. The van der Waals surface area contributed by atoms with Gasteiger partial charge in [0.05, 0.1) is 3.79 Å². The number of ether oxygens (including phenoxy) is 1. The van der Waals surface area contributed by atoms with Crippen LogP contribution in [0.25, 0.3) is 0 Å². The van der Waals surface area contributed by atoms with Crippen LogP contribution in [0.2, 0.25) is 0 Å². The minimum atomic E-state index is -3.49. The van der Waals surface area contributed by atoms with Gasteiger partial charge in [-0.25, -0.2) is 17.9 Å². The molecule has 0 saturated carbocycles. The summed E-state index contributed by atoms with van der Waals surface area (Å²) in [5.41, 5.74) is -0.524. The van der Waals surface area contributed by atoms with Crippen LogP contribution in [-0.4, -0.2) is 44.6 Å². The fourth-order valence-electron chi connectivity index (χ4n) is 2.23. The Balaban J connectivity index is 1.85. The number of hydrogen-bond donors (Lipinski definition) is 1. The van der Waals surface area contributed by atoms with Crippen molar-refractivity contribution in [3.05, 3.63) is 15.9 Å². The summed E-state index contributed by atoms with van der Waals surface area (Å²) in [6.45, 7) is 6.89. The van der Waals surface area contributed by atoms with Gasteiger partial charge in [-0.2, -0.15) is 0 Å². The first-order valence-corrected chi connectivity index (χ1v) is 10.4. The number of sulfonamides is 1. The van der Waals surface area contributed by atoms with Crippen LogP contribution in [0.4, 0.5) is 4.79 Å². The van der Waals surface area contributed by atoms with E-state index in [-0.39, 0.29) is 16.2 Å². The molecule has 1 amide bonds. The van der Waals surface area contributed by atoms with Crippen molar-refractivity contribution < 1.29 is 17.9 Å². The van der Waals surface area contributed by atoms with Crippen molar-refractivity contribution >= 4 is 43.4 Å². The number of amides is 1. The number of thiophene rings is 1. The van der Waals surface area contributed by atoms with Gasteiger partial charge in [-0.3, -0.25) is 0 Å². The van der Waals surface area contributed by atoms with Gasteiger partial charge in [0.15, 0.2) is 0 Å². The van der Waals surface area contributed by atoms with Crippen molar-refractivity contribution in [1.29, 1.82) is 0 Å². The number of halogens is 1. The Kier molecular flexibility index (Phi) is 5.76. The van der Waals surface area contributed by atoms with E-state index < -0.39 is 15.6 Å². The highest BCUT2D eigenvalue weighted by Crippen LogP contribution is 2.26. The highest BCUT2D eigenvalue weighted by molar-refractivity contribution is 9.11. The molecule has 130 valence electrons. The van der Waals surface area contributed by atoms with E-state index >= 15 is 0 Å². The van der Waals surface area contributed by atoms with Crippen LogP contribution < -0.4 is 4.72 Å². The van der Waals surface area contributed by atoms with Crippen LogP contribution in [0.5, 0.6) is 0 Å². The van der Waals surface area contributed by atoms with Crippen LogP contribution in [-0.2, 0) is 14.8 Å². The van der Waals surface area contributed by atoms with E-state index in [0.29, 0.717) is 19.6 Å². The summed E-state index contributed by atoms with van der Waals surface area (Å²) in [4.78, 5) is 13.6. The molecule has 1 aromatic rings. The first kappa shape index (κ1) is 18.7. The second kappa shape index (κ2) is 7.08. The van der Waals surface area contributed by atoms with Gasteiger partial charge in [0.1, 0.15) is 9.81 Å². The zero-order chi connectivity index (χ0) is 17.3. The first-order chi connectivity index (χ1) is 10.6. The Bertz CT molecular complexity index is 667. The van der Waals surface area contributed by atoms with E-state index in [1.54, 1.807) is 17.0 Å². The van der Waals surface area contributed by atoms with Crippen LogP contribution in [0, 0.1) is 5.92 Å². The lowest BCUT2D eigenvalue weighted by molar-refractivity contribution is 0.0288. The van der Waals surface area contributed by atoms with Gasteiger partial charge >= 0.3 is 6.09 Å². The van der Waals surface area contributed by atoms with Crippen LogP contribution >= 0.6 is 27.3 Å². The van der Waals surface area contributed by atoms with E-state index in [9.17, 15) is 13.2 Å². The third kappa shape index (κ3) is 5.44. The Morgan fingerprint density at radius 2 is 2.17 bits per heavy atom. The molecule has 1 aromatic heterocycles. The van der Waals surface area contributed by atoms with Gasteiger partial charge < -0.3 is 9.64 Å². The lowest BCUT2D eigenvalue weighted by Crippen LogP contribution is -2.36. The zero-order valence-electron chi connectivity index (χ0n) is 13.3. The van der Waals surface area contributed by atoms with Crippen molar-refractivity contribution in [3.63, 3.8) is 0 Å². The van der Waals surface area contributed by atoms with Gasteiger partial charge in [-0.1, -0.05) is 0 Å². The maximum absolute atomic E-state index is 12.2. The first-order valence-electron chi connectivity index (χ1n) is 7.30. The molecule has 23 heavy (non-hydrogen) atoms. The number of nitrogens with zero attached hydrogens (tertiary/aromatic N) is 1. The van der Waals surface area contributed by atoms with Crippen molar-refractivity contribution in [2.45, 2.75) is 37.0 Å². The Morgan fingerprint density at radius 3 is 2.74 bits per heavy atom. The fourth-order valence-corrected chi connectivity index (χ4v) is 5.40.